The Bertz CT molecular complexity index is 821. The summed E-state index contributed by atoms with van der Waals surface area (Å²) in [5, 5.41) is 5.48. The van der Waals surface area contributed by atoms with E-state index in [0.29, 0.717) is 19.4 Å². The molecule has 0 radical (unpaired) electrons. The van der Waals surface area contributed by atoms with Crippen LogP contribution in [0.3, 0.4) is 0 Å². The van der Waals surface area contributed by atoms with Crippen molar-refractivity contribution in [1.29, 1.82) is 0 Å². The van der Waals surface area contributed by atoms with Crippen LogP contribution in [0.15, 0.2) is 0 Å². The third-order valence-electron chi connectivity index (χ3n) is 7.84. The van der Waals surface area contributed by atoms with Crippen LogP contribution in [0.25, 0.3) is 0 Å². The third kappa shape index (κ3) is 6.73. The molecule has 0 aromatic carbocycles. The monoisotopic (exact) mass is 492 g/mol. The highest BCUT2D eigenvalue weighted by atomic mass is 16.5. The standard InChI is InChI=1S/C25H40N4O6/c1-14(2)17-11-12-29(24(33)19(28-25(34)35-3)16-7-5-4-6-8-16)20(17)23(32)27-18(13-15-9-10-15)21(30)22(26)31/h14-20H,4-13H2,1-3H3,(H2,26,31)(H,27,32)(H,28,34)/t17?,18?,19-,20-/m0/s1. The number of rotatable bonds is 10. The number of carbonyl (C=O) groups excluding carboxylic acids is 5. The van der Waals surface area contributed by atoms with Crippen LogP contribution >= 0.6 is 0 Å². The number of alkyl carbamates (subject to hydrolysis) is 1. The first-order valence-corrected chi connectivity index (χ1v) is 12.9. The summed E-state index contributed by atoms with van der Waals surface area (Å²) in [6.45, 7) is 4.38. The third-order valence-corrected chi connectivity index (χ3v) is 7.84. The Kier molecular flexibility index (Phi) is 9.13. The van der Waals surface area contributed by atoms with Gasteiger partial charge in [-0.1, -0.05) is 46.0 Å². The molecule has 4 atom stereocenters. The second-order valence-electron chi connectivity index (χ2n) is 10.7. The lowest BCUT2D eigenvalue weighted by Crippen LogP contribution is -2.59. The SMILES string of the molecule is COC(=O)N[C@H](C(=O)N1CCC(C(C)C)[C@H]1C(=O)NC(CC1CC1)C(=O)C(N)=O)C1CCCCC1. The number of likely N-dealkylation sites (tertiary alicyclic amines) is 1. The van der Waals surface area contributed by atoms with Gasteiger partial charge >= 0.3 is 6.09 Å². The van der Waals surface area contributed by atoms with Gasteiger partial charge in [-0.05, 0) is 49.4 Å². The minimum absolute atomic E-state index is 0.0313. The van der Waals surface area contributed by atoms with Gasteiger partial charge in [-0.15, -0.1) is 0 Å². The zero-order valence-electron chi connectivity index (χ0n) is 21.1. The lowest BCUT2D eigenvalue weighted by atomic mass is 9.83. The number of carbonyl (C=O) groups is 5. The van der Waals surface area contributed by atoms with Crippen LogP contribution < -0.4 is 16.4 Å². The van der Waals surface area contributed by atoms with Gasteiger partial charge in [0.1, 0.15) is 12.1 Å². The summed E-state index contributed by atoms with van der Waals surface area (Å²) in [5.74, 6) is -2.39. The van der Waals surface area contributed by atoms with Gasteiger partial charge in [0.25, 0.3) is 5.91 Å². The van der Waals surface area contributed by atoms with Gasteiger partial charge in [0.05, 0.1) is 13.2 Å². The topological polar surface area (TPSA) is 148 Å². The van der Waals surface area contributed by atoms with E-state index in [1.165, 1.54) is 7.11 Å². The molecule has 0 aromatic rings. The van der Waals surface area contributed by atoms with Gasteiger partial charge in [0.15, 0.2) is 0 Å². The van der Waals surface area contributed by atoms with Crippen molar-refractivity contribution in [3.05, 3.63) is 0 Å². The zero-order chi connectivity index (χ0) is 25.7. The van der Waals surface area contributed by atoms with E-state index in [1.807, 2.05) is 13.8 Å². The van der Waals surface area contributed by atoms with E-state index in [-0.39, 0.29) is 29.6 Å². The first kappa shape index (κ1) is 26.9. The molecular weight excluding hydrogens is 452 g/mol. The summed E-state index contributed by atoms with van der Waals surface area (Å²) in [7, 11) is 1.26. The zero-order valence-corrected chi connectivity index (χ0v) is 21.1. The maximum atomic E-state index is 13.8. The average Bonchev–Trinajstić information content (AvgIpc) is 3.54. The molecule has 0 aromatic heterocycles. The number of hydrogen-bond donors (Lipinski definition) is 3. The number of primary amides is 1. The number of nitrogens with zero attached hydrogens (tertiary/aromatic N) is 1. The van der Waals surface area contributed by atoms with E-state index in [9.17, 15) is 24.0 Å². The maximum Gasteiger partial charge on any atom is 0.407 e. The molecule has 3 fully saturated rings. The fourth-order valence-electron chi connectivity index (χ4n) is 5.66. The van der Waals surface area contributed by atoms with Gasteiger partial charge in [-0.25, -0.2) is 4.79 Å². The number of methoxy groups -OCH3 is 1. The first-order chi connectivity index (χ1) is 16.6. The van der Waals surface area contributed by atoms with Crippen LogP contribution in [0.2, 0.25) is 0 Å². The molecule has 4 amide bonds. The molecule has 3 rings (SSSR count). The van der Waals surface area contributed by atoms with Gasteiger partial charge in [-0.3, -0.25) is 19.2 Å². The lowest BCUT2D eigenvalue weighted by molar-refractivity contribution is -0.144. The lowest BCUT2D eigenvalue weighted by Gasteiger charge is -2.36. The molecule has 0 bridgehead atoms. The molecule has 35 heavy (non-hydrogen) atoms. The maximum absolute atomic E-state index is 13.8. The Morgan fingerprint density at radius 2 is 1.63 bits per heavy atom. The van der Waals surface area contributed by atoms with Crippen molar-refractivity contribution in [3.8, 4) is 0 Å². The molecule has 2 saturated carbocycles. The normalized spacial score (nSPS) is 24.5. The molecule has 1 saturated heterocycles. The van der Waals surface area contributed by atoms with Crippen molar-refractivity contribution in [2.75, 3.05) is 13.7 Å². The summed E-state index contributed by atoms with van der Waals surface area (Å²) in [6.07, 6.45) is 6.91. The van der Waals surface area contributed by atoms with E-state index >= 15 is 0 Å². The number of hydrogen-bond acceptors (Lipinski definition) is 6. The van der Waals surface area contributed by atoms with Crippen molar-refractivity contribution in [2.45, 2.75) is 89.8 Å². The highest BCUT2D eigenvalue weighted by molar-refractivity contribution is 6.37. The molecule has 4 N–H and O–H groups in total. The quantitative estimate of drug-likeness (QED) is 0.394. The summed E-state index contributed by atoms with van der Waals surface area (Å²) >= 11 is 0. The van der Waals surface area contributed by atoms with Crippen LogP contribution in [0, 0.1) is 23.7 Å². The highest BCUT2D eigenvalue weighted by Gasteiger charge is 2.47. The van der Waals surface area contributed by atoms with Crippen LogP contribution in [0.4, 0.5) is 4.79 Å². The average molecular weight is 493 g/mol. The number of amides is 4. The number of Topliss-reactive ketones (excluding diaryl/α,β-unsaturated/α-hetero) is 1. The van der Waals surface area contributed by atoms with Crippen molar-refractivity contribution < 1.29 is 28.7 Å². The number of ether oxygens (including phenoxy) is 1. The van der Waals surface area contributed by atoms with E-state index in [2.05, 4.69) is 10.6 Å². The number of nitrogens with one attached hydrogen (secondary N) is 2. The van der Waals surface area contributed by atoms with Crippen molar-refractivity contribution in [2.24, 2.45) is 29.4 Å². The first-order valence-electron chi connectivity index (χ1n) is 12.9. The summed E-state index contributed by atoms with van der Waals surface area (Å²) in [6, 6.07) is -2.56. The Labute approximate surface area is 207 Å². The second-order valence-corrected chi connectivity index (χ2v) is 10.7. The van der Waals surface area contributed by atoms with Crippen LogP contribution in [-0.4, -0.2) is 66.3 Å². The molecule has 1 aliphatic heterocycles. The minimum atomic E-state index is -1.07. The molecule has 3 aliphatic rings. The van der Waals surface area contributed by atoms with E-state index in [4.69, 9.17) is 10.5 Å². The van der Waals surface area contributed by atoms with Crippen molar-refractivity contribution >= 4 is 29.6 Å². The van der Waals surface area contributed by atoms with E-state index in [0.717, 1.165) is 44.9 Å². The summed E-state index contributed by atoms with van der Waals surface area (Å²) < 4.78 is 4.78. The minimum Gasteiger partial charge on any atom is -0.453 e. The summed E-state index contributed by atoms with van der Waals surface area (Å²) in [4.78, 5) is 65.1. The van der Waals surface area contributed by atoms with E-state index < -0.39 is 41.8 Å². The molecule has 2 aliphatic carbocycles. The fourth-order valence-corrected chi connectivity index (χ4v) is 5.66. The van der Waals surface area contributed by atoms with Crippen LogP contribution in [-0.2, 0) is 23.9 Å². The second kappa shape index (κ2) is 11.9. The van der Waals surface area contributed by atoms with Crippen LogP contribution in [0.5, 0.6) is 0 Å². The number of nitrogens with two attached hydrogens (primary N) is 1. The van der Waals surface area contributed by atoms with Crippen molar-refractivity contribution in [1.82, 2.24) is 15.5 Å². The van der Waals surface area contributed by atoms with Gasteiger partial charge in [0, 0.05) is 6.54 Å². The molecule has 10 nitrogen and oxygen atoms in total. The number of ketones is 1. The predicted octanol–water partition coefficient (Wildman–Crippen LogP) is 1.50. The van der Waals surface area contributed by atoms with Gasteiger partial charge < -0.3 is 26.0 Å². The van der Waals surface area contributed by atoms with E-state index in [1.54, 1.807) is 4.90 Å². The largest absolute Gasteiger partial charge is 0.453 e. The van der Waals surface area contributed by atoms with Gasteiger partial charge in [0.2, 0.25) is 17.6 Å². The van der Waals surface area contributed by atoms with Gasteiger partial charge in [-0.2, -0.15) is 0 Å². The Morgan fingerprint density at radius 1 is 0.971 bits per heavy atom. The fraction of sp³-hybridized carbons (Fsp3) is 0.800. The molecular formula is C25H40N4O6. The predicted molar refractivity (Wildman–Crippen MR) is 128 cm³/mol. The van der Waals surface area contributed by atoms with Crippen LogP contribution in [0.1, 0.15) is 71.6 Å². The Morgan fingerprint density at radius 3 is 2.17 bits per heavy atom. The van der Waals surface area contributed by atoms with Crippen molar-refractivity contribution in [3.63, 3.8) is 0 Å². The molecule has 10 heteroatoms. The molecule has 2 unspecified atom stereocenters. The Hall–Kier alpha value is -2.65. The summed E-state index contributed by atoms with van der Waals surface area (Å²) in [5.41, 5.74) is 5.24. The highest BCUT2D eigenvalue weighted by Crippen LogP contribution is 2.36. The molecule has 1 heterocycles. The molecule has 196 valence electrons. The Balaban J connectivity index is 1.83. The smallest absolute Gasteiger partial charge is 0.407 e. The molecule has 0 spiro atoms.